The summed E-state index contributed by atoms with van der Waals surface area (Å²) in [6.07, 6.45) is 0.618. The molecule has 0 radical (unpaired) electrons. The topological polar surface area (TPSA) is 84.6 Å². The predicted octanol–water partition coefficient (Wildman–Crippen LogP) is 0.264. The third-order valence-corrected chi connectivity index (χ3v) is 2.52. The molecule has 0 saturated heterocycles. The molecular weight excluding hydrogens is 220 g/mol. The smallest absolute Gasteiger partial charge is 0.222 e. The number of amides is 1. The van der Waals surface area contributed by atoms with E-state index in [4.69, 9.17) is 10.5 Å². The molecule has 2 atom stereocenters. The maximum absolute atomic E-state index is 11.5. The number of rotatable bonds is 8. The molecule has 0 aromatic rings. The predicted molar refractivity (Wildman–Crippen MR) is 67.6 cm³/mol. The van der Waals surface area contributed by atoms with E-state index < -0.39 is 5.60 Å². The highest BCUT2D eigenvalue weighted by molar-refractivity contribution is 5.76. The SMILES string of the molecule is COC(CN)CC(=O)NCC(C)(O)CC(C)C. The number of carbonyl (C=O) groups is 1. The second-order valence-corrected chi connectivity index (χ2v) is 5.17. The lowest BCUT2D eigenvalue weighted by atomic mass is 9.94. The number of aliphatic hydroxyl groups is 1. The van der Waals surface area contributed by atoms with Gasteiger partial charge in [0.1, 0.15) is 0 Å². The number of methoxy groups -OCH3 is 1. The van der Waals surface area contributed by atoms with Crippen molar-refractivity contribution < 1.29 is 14.6 Å². The van der Waals surface area contributed by atoms with E-state index in [0.717, 1.165) is 0 Å². The fourth-order valence-electron chi connectivity index (χ4n) is 1.78. The summed E-state index contributed by atoms with van der Waals surface area (Å²) in [5.41, 5.74) is 4.56. The van der Waals surface area contributed by atoms with Crippen molar-refractivity contribution in [3.05, 3.63) is 0 Å². The van der Waals surface area contributed by atoms with Gasteiger partial charge in [-0.15, -0.1) is 0 Å². The third-order valence-electron chi connectivity index (χ3n) is 2.52. The summed E-state index contributed by atoms with van der Waals surface area (Å²) in [4.78, 5) is 11.5. The van der Waals surface area contributed by atoms with Gasteiger partial charge in [-0.2, -0.15) is 0 Å². The highest BCUT2D eigenvalue weighted by Crippen LogP contribution is 2.15. The lowest BCUT2D eigenvalue weighted by molar-refractivity contribution is -0.124. The molecular formula is C12H26N2O3. The highest BCUT2D eigenvalue weighted by Gasteiger charge is 2.23. The number of nitrogens with one attached hydrogen (secondary N) is 1. The second-order valence-electron chi connectivity index (χ2n) is 5.17. The van der Waals surface area contributed by atoms with E-state index in [1.54, 1.807) is 6.92 Å². The van der Waals surface area contributed by atoms with Crippen LogP contribution in [0.25, 0.3) is 0 Å². The van der Waals surface area contributed by atoms with Crippen LogP contribution in [0.1, 0.15) is 33.6 Å². The van der Waals surface area contributed by atoms with Crippen LogP contribution >= 0.6 is 0 Å². The average molecular weight is 246 g/mol. The molecule has 0 aliphatic carbocycles. The Labute approximate surface area is 104 Å². The molecule has 102 valence electrons. The van der Waals surface area contributed by atoms with E-state index in [1.807, 2.05) is 13.8 Å². The number of carbonyl (C=O) groups excluding carboxylic acids is 1. The molecule has 0 rings (SSSR count). The Morgan fingerprint density at radius 2 is 2.12 bits per heavy atom. The van der Waals surface area contributed by atoms with E-state index in [9.17, 15) is 9.90 Å². The van der Waals surface area contributed by atoms with Gasteiger partial charge in [0.05, 0.1) is 18.1 Å². The van der Waals surface area contributed by atoms with Crippen molar-refractivity contribution in [2.45, 2.75) is 45.3 Å². The van der Waals surface area contributed by atoms with Crippen LogP contribution in [-0.2, 0) is 9.53 Å². The van der Waals surface area contributed by atoms with Crippen molar-refractivity contribution in [1.82, 2.24) is 5.32 Å². The van der Waals surface area contributed by atoms with E-state index in [1.165, 1.54) is 7.11 Å². The first-order valence-electron chi connectivity index (χ1n) is 6.02. The lowest BCUT2D eigenvalue weighted by Crippen LogP contribution is -2.42. The zero-order valence-electron chi connectivity index (χ0n) is 11.3. The monoisotopic (exact) mass is 246 g/mol. The van der Waals surface area contributed by atoms with Crippen LogP contribution in [0.3, 0.4) is 0 Å². The molecule has 5 nitrogen and oxygen atoms in total. The average Bonchev–Trinajstić information content (AvgIpc) is 2.21. The van der Waals surface area contributed by atoms with Crippen molar-refractivity contribution in [1.29, 1.82) is 0 Å². The normalized spacial score (nSPS) is 16.6. The van der Waals surface area contributed by atoms with Crippen molar-refractivity contribution >= 4 is 5.91 Å². The molecule has 0 aromatic carbocycles. The Morgan fingerprint density at radius 1 is 1.53 bits per heavy atom. The molecule has 1 amide bonds. The van der Waals surface area contributed by atoms with E-state index in [2.05, 4.69) is 5.32 Å². The van der Waals surface area contributed by atoms with Gasteiger partial charge < -0.3 is 20.9 Å². The van der Waals surface area contributed by atoms with Gasteiger partial charge in [-0.1, -0.05) is 13.8 Å². The van der Waals surface area contributed by atoms with Crippen LogP contribution in [0.4, 0.5) is 0 Å². The standard InChI is InChI=1S/C12H26N2O3/c1-9(2)6-12(3,16)8-14-11(15)5-10(7-13)17-4/h9-10,16H,5-8,13H2,1-4H3,(H,14,15). The lowest BCUT2D eigenvalue weighted by Gasteiger charge is -2.26. The Balaban J connectivity index is 3.98. The molecule has 0 bridgehead atoms. The summed E-state index contributed by atoms with van der Waals surface area (Å²) in [5, 5.41) is 12.7. The van der Waals surface area contributed by atoms with Crippen LogP contribution in [0.5, 0.6) is 0 Å². The molecule has 5 heteroatoms. The van der Waals surface area contributed by atoms with Crippen molar-refractivity contribution in [3.63, 3.8) is 0 Å². The summed E-state index contributed by atoms with van der Waals surface area (Å²) in [5.74, 6) is 0.240. The van der Waals surface area contributed by atoms with E-state index in [-0.39, 0.29) is 25.0 Å². The largest absolute Gasteiger partial charge is 0.388 e. The summed E-state index contributed by atoms with van der Waals surface area (Å²) in [7, 11) is 1.53. The fourth-order valence-corrected chi connectivity index (χ4v) is 1.78. The molecule has 0 aliphatic rings. The van der Waals surface area contributed by atoms with E-state index in [0.29, 0.717) is 18.9 Å². The third kappa shape index (κ3) is 8.12. The number of hydrogen-bond donors (Lipinski definition) is 3. The Hall–Kier alpha value is -0.650. The fraction of sp³-hybridized carbons (Fsp3) is 0.917. The molecule has 0 fully saturated rings. The number of nitrogens with two attached hydrogens (primary N) is 1. The van der Waals surface area contributed by atoms with Crippen molar-refractivity contribution in [2.75, 3.05) is 20.2 Å². The van der Waals surface area contributed by atoms with Crippen molar-refractivity contribution in [3.8, 4) is 0 Å². The second kappa shape index (κ2) is 7.63. The van der Waals surface area contributed by atoms with Gasteiger partial charge in [-0.25, -0.2) is 0 Å². The molecule has 0 heterocycles. The first-order chi connectivity index (χ1) is 7.80. The zero-order chi connectivity index (χ0) is 13.5. The number of hydrogen-bond acceptors (Lipinski definition) is 4. The maximum atomic E-state index is 11.5. The summed E-state index contributed by atoms with van der Waals surface area (Å²) in [6, 6.07) is 0. The van der Waals surface area contributed by atoms with Gasteiger partial charge in [0.15, 0.2) is 0 Å². The molecule has 0 aromatic heterocycles. The first kappa shape index (κ1) is 16.4. The first-order valence-corrected chi connectivity index (χ1v) is 6.02. The van der Waals surface area contributed by atoms with Gasteiger partial charge >= 0.3 is 0 Å². The Kier molecular flexibility index (Phi) is 7.34. The minimum absolute atomic E-state index is 0.147. The minimum atomic E-state index is -0.866. The Morgan fingerprint density at radius 3 is 2.53 bits per heavy atom. The van der Waals surface area contributed by atoms with Crippen LogP contribution < -0.4 is 11.1 Å². The van der Waals surface area contributed by atoms with Crippen LogP contribution in [0, 0.1) is 5.92 Å². The summed E-state index contributed by atoms with van der Waals surface area (Å²) < 4.78 is 5.02. The minimum Gasteiger partial charge on any atom is -0.388 e. The molecule has 0 spiro atoms. The van der Waals surface area contributed by atoms with Gasteiger partial charge in [-0.05, 0) is 19.3 Å². The molecule has 4 N–H and O–H groups in total. The molecule has 17 heavy (non-hydrogen) atoms. The van der Waals surface area contributed by atoms with Gasteiger partial charge in [0.25, 0.3) is 0 Å². The van der Waals surface area contributed by atoms with Crippen LogP contribution in [-0.4, -0.2) is 42.9 Å². The summed E-state index contributed by atoms with van der Waals surface area (Å²) >= 11 is 0. The number of ether oxygens (including phenoxy) is 1. The van der Waals surface area contributed by atoms with Gasteiger partial charge in [-0.3, -0.25) is 4.79 Å². The highest BCUT2D eigenvalue weighted by atomic mass is 16.5. The van der Waals surface area contributed by atoms with Crippen LogP contribution in [0.2, 0.25) is 0 Å². The quantitative estimate of drug-likeness (QED) is 0.573. The van der Waals surface area contributed by atoms with Gasteiger partial charge in [0.2, 0.25) is 5.91 Å². The van der Waals surface area contributed by atoms with Crippen molar-refractivity contribution in [2.24, 2.45) is 11.7 Å². The maximum Gasteiger partial charge on any atom is 0.222 e. The Bertz CT molecular complexity index is 226. The zero-order valence-corrected chi connectivity index (χ0v) is 11.3. The van der Waals surface area contributed by atoms with Gasteiger partial charge in [0, 0.05) is 20.2 Å². The summed E-state index contributed by atoms with van der Waals surface area (Å²) in [6.45, 7) is 6.36. The molecule has 0 aliphatic heterocycles. The van der Waals surface area contributed by atoms with E-state index >= 15 is 0 Å². The molecule has 2 unspecified atom stereocenters. The molecule has 0 saturated carbocycles. The van der Waals surface area contributed by atoms with Crippen LogP contribution in [0.15, 0.2) is 0 Å².